The second kappa shape index (κ2) is 5.18. The Labute approximate surface area is 128 Å². The van der Waals surface area contributed by atoms with E-state index in [1.807, 2.05) is 10.6 Å². The Morgan fingerprint density at radius 2 is 2.00 bits per heavy atom. The van der Waals surface area contributed by atoms with Crippen molar-refractivity contribution < 1.29 is 13.2 Å². The molecular formula is C15H14BrF3N2. The van der Waals surface area contributed by atoms with Crippen molar-refractivity contribution in [1.82, 2.24) is 4.57 Å². The van der Waals surface area contributed by atoms with Gasteiger partial charge in [-0.25, -0.2) is 0 Å². The summed E-state index contributed by atoms with van der Waals surface area (Å²) < 4.78 is 41.1. The fraction of sp³-hybridized carbons (Fsp3) is 0.333. The first-order valence-electron chi connectivity index (χ1n) is 6.71. The van der Waals surface area contributed by atoms with Crippen molar-refractivity contribution in [2.24, 2.45) is 5.73 Å². The lowest BCUT2D eigenvalue weighted by atomic mass is 9.93. The maximum Gasteiger partial charge on any atom is 0.416 e. The van der Waals surface area contributed by atoms with Crippen LogP contribution in [0.25, 0.3) is 5.69 Å². The van der Waals surface area contributed by atoms with E-state index < -0.39 is 11.7 Å². The number of fused-ring (bicyclic) bond motifs is 1. The molecule has 2 aromatic rings. The normalized spacial score (nSPS) is 18.6. The number of nitrogens with two attached hydrogens (primary N) is 1. The van der Waals surface area contributed by atoms with E-state index in [1.165, 1.54) is 12.1 Å². The zero-order valence-electron chi connectivity index (χ0n) is 11.1. The van der Waals surface area contributed by atoms with Crippen LogP contribution in [-0.2, 0) is 12.6 Å². The molecule has 0 saturated heterocycles. The first kappa shape index (κ1) is 14.7. The van der Waals surface area contributed by atoms with Gasteiger partial charge in [0.05, 0.1) is 11.3 Å². The molecule has 6 heteroatoms. The number of halogens is 4. The maximum atomic E-state index is 12.9. The Morgan fingerprint density at radius 3 is 2.71 bits per heavy atom. The molecule has 0 radical (unpaired) electrons. The van der Waals surface area contributed by atoms with Crippen LogP contribution >= 0.6 is 15.9 Å². The van der Waals surface area contributed by atoms with E-state index in [0.29, 0.717) is 10.2 Å². The van der Waals surface area contributed by atoms with E-state index in [9.17, 15) is 13.2 Å². The minimum atomic E-state index is -4.35. The van der Waals surface area contributed by atoms with Gasteiger partial charge >= 0.3 is 6.18 Å². The first-order chi connectivity index (χ1) is 9.88. The monoisotopic (exact) mass is 358 g/mol. The van der Waals surface area contributed by atoms with Gasteiger partial charge in [0.2, 0.25) is 0 Å². The molecule has 0 saturated carbocycles. The van der Waals surface area contributed by atoms with E-state index in [4.69, 9.17) is 5.73 Å². The van der Waals surface area contributed by atoms with Crippen LogP contribution in [-0.4, -0.2) is 4.57 Å². The molecule has 21 heavy (non-hydrogen) atoms. The van der Waals surface area contributed by atoms with Crippen molar-refractivity contribution in [3.8, 4) is 5.69 Å². The lowest BCUT2D eigenvalue weighted by Crippen LogP contribution is -2.18. The summed E-state index contributed by atoms with van der Waals surface area (Å²) in [4.78, 5) is 0. The molecule has 112 valence electrons. The van der Waals surface area contributed by atoms with Crippen molar-refractivity contribution in [3.05, 3.63) is 51.8 Å². The number of nitrogens with zero attached hydrogens (tertiary/aromatic N) is 1. The highest BCUT2D eigenvalue weighted by molar-refractivity contribution is 9.10. The van der Waals surface area contributed by atoms with Gasteiger partial charge in [0.15, 0.2) is 0 Å². The molecule has 0 spiro atoms. The van der Waals surface area contributed by atoms with Gasteiger partial charge in [-0.3, -0.25) is 0 Å². The largest absolute Gasteiger partial charge is 0.416 e. The van der Waals surface area contributed by atoms with Gasteiger partial charge < -0.3 is 10.3 Å². The summed E-state index contributed by atoms with van der Waals surface area (Å²) >= 11 is 3.34. The minimum absolute atomic E-state index is 0.0282. The molecule has 1 heterocycles. The van der Waals surface area contributed by atoms with Crippen LogP contribution in [0.4, 0.5) is 13.2 Å². The van der Waals surface area contributed by atoms with Gasteiger partial charge in [0.1, 0.15) is 0 Å². The van der Waals surface area contributed by atoms with Crippen molar-refractivity contribution >= 4 is 15.9 Å². The first-order valence-corrected chi connectivity index (χ1v) is 7.50. The quantitative estimate of drug-likeness (QED) is 0.793. The van der Waals surface area contributed by atoms with Crippen LogP contribution in [0.15, 0.2) is 34.9 Å². The van der Waals surface area contributed by atoms with Crippen LogP contribution in [0.1, 0.15) is 35.7 Å². The van der Waals surface area contributed by atoms with E-state index in [1.54, 1.807) is 6.20 Å². The molecule has 2 nitrogen and oxygen atoms in total. The second-order valence-electron chi connectivity index (χ2n) is 5.25. The molecular weight excluding hydrogens is 345 g/mol. The van der Waals surface area contributed by atoms with Crippen molar-refractivity contribution in [1.29, 1.82) is 0 Å². The highest BCUT2D eigenvalue weighted by atomic mass is 79.9. The predicted octanol–water partition coefficient (Wildman–Crippen LogP) is 4.59. The van der Waals surface area contributed by atoms with Gasteiger partial charge in [-0.05, 0) is 65.0 Å². The fourth-order valence-corrected chi connectivity index (χ4v) is 3.26. The van der Waals surface area contributed by atoms with Crippen molar-refractivity contribution in [2.45, 2.75) is 31.5 Å². The molecule has 1 aromatic carbocycles. The van der Waals surface area contributed by atoms with E-state index in [2.05, 4.69) is 15.9 Å². The number of benzene rings is 1. The molecule has 0 amide bonds. The van der Waals surface area contributed by atoms with Crippen LogP contribution in [0, 0.1) is 0 Å². The van der Waals surface area contributed by atoms with Gasteiger partial charge in [0.25, 0.3) is 0 Å². The summed E-state index contributed by atoms with van der Waals surface area (Å²) in [6, 6.07) is 5.57. The van der Waals surface area contributed by atoms with Crippen molar-refractivity contribution in [2.75, 3.05) is 0 Å². The summed E-state index contributed by atoms with van der Waals surface area (Å²) in [6.45, 7) is 0. The molecule has 0 bridgehead atoms. The minimum Gasteiger partial charge on any atom is -0.324 e. The Kier molecular flexibility index (Phi) is 3.61. The molecule has 1 aliphatic rings. The Morgan fingerprint density at radius 1 is 1.24 bits per heavy atom. The van der Waals surface area contributed by atoms with Gasteiger partial charge in [-0.2, -0.15) is 13.2 Å². The van der Waals surface area contributed by atoms with Crippen LogP contribution in [0.3, 0.4) is 0 Å². The molecule has 0 fully saturated rings. The molecule has 1 atom stereocenters. The SMILES string of the molecule is NC1CCCc2c1ccn2-c1cc(C(F)(F)F)ccc1Br. The highest BCUT2D eigenvalue weighted by Gasteiger charge is 2.31. The third kappa shape index (κ3) is 2.62. The zero-order chi connectivity index (χ0) is 15.2. The van der Waals surface area contributed by atoms with Gasteiger partial charge in [-0.1, -0.05) is 0 Å². The standard InChI is InChI=1S/C15H14BrF3N2/c16-11-5-4-9(15(17,18)19)8-14(11)21-7-6-10-12(20)2-1-3-13(10)21/h4-8,12H,1-3,20H2. The maximum absolute atomic E-state index is 12.9. The summed E-state index contributed by atoms with van der Waals surface area (Å²) in [5.74, 6) is 0. The number of hydrogen-bond acceptors (Lipinski definition) is 1. The zero-order valence-corrected chi connectivity index (χ0v) is 12.7. The van der Waals surface area contributed by atoms with Crippen LogP contribution in [0.2, 0.25) is 0 Å². The van der Waals surface area contributed by atoms with E-state index in [-0.39, 0.29) is 6.04 Å². The fourth-order valence-electron chi connectivity index (χ4n) is 2.83. The third-order valence-electron chi connectivity index (χ3n) is 3.89. The predicted molar refractivity (Wildman–Crippen MR) is 78.3 cm³/mol. The Balaban J connectivity index is 2.13. The lowest BCUT2D eigenvalue weighted by Gasteiger charge is -2.21. The molecule has 1 aliphatic carbocycles. The highest BCUT2D eigenvalue weighted by Crippen LogP contribution is 2.36. The lowest BCUT2D eigenvalue weighted by molar-refractivity contribution is -0.137. The van der Waals surface area contributed by atoms with E-state index in [0.717, 1.165) is 36.6 Å². The number of hydrogen-bond donors (Lipinski definition) is 1. The number of rotatable bonds is 1. The molecule has 2 N–H and O–H groups in total. The Bertz CT molecular complexity index is 676. The smallest absolute Gasteiger partial charge is 0.324 e. The third-order valence-corrected chi connectivity index (χ3v) is 4.56. The average Bonchev–Trinajstić information content (AvgIpc) is 2.83. The summed E-state index contributed by atoms with van der Waals surface area (Å²) in [7, 11) is 0. The van der Waals surface area contributed by atoms with Gasteiger partial charge in [0, 0.05) is 22.4 Å². The number of aromatic nitrogens is 1. The molecule has 0 aliphatic heterocycles. The molecule has 1 unspecified atom stereocenters. The molecule has 3 rings (SSSR count). The van der Waals surface area contributed by atoms with Crippen LogP contribution in [0.5, 0.6) is 0 Å². The summed E-state index contributed by atoms with van der Waals surface area (Å²) in [5, 5.41) is 0. The molecule has 1 aromatic heterocycles. The Hall–Kier alpha value is -1.27. The van der Waals surface area contributed by atoms with Crippen LogP contribution < -0.4 is 5.73 Å². The summed E-state index contributed by atoms with van der Waals surface area (Å²) in [6.07, 6.45) is 0.156. The number of alkyl halides is 3. The average molecular weight is 359 g/mol. The summed E-state index contributed by atoms with van der Waals surface area (Å²) in [5.41, 5.74) is 7.96. The topological polar surface area (TPSA) is 30.9 Å². The van der Waals surface area contributed by atoms with Crippen molar-refractivity contribution in [3.63, 3.8) is 0 Å². The van der Waals surface area contributed by atoms with Gasteiger partial charge in [-0.15, -0.1) is 0 Å². The van der Waals surface area contributed by atoms with E-state index >= 15 is 0 Å². The second-order valence-corrected chi connectivity index (χ2v) is 6.10.